The first-order valence-corrected chi connectivity index (χ1v) is 4.03. The van der Waals surface area contributed by atoms with Gasteiger partial charge in [0, 0.05) is 0 Å². The molecule has 0 fully saturated rings. The molecule has 1 rings (SSSR count). The Bertz CT molecular complexity index is 310. The van der Waals surface area contributed by atoms with Crippen molar-refractivity contribution in [1.82, 2.24) is 0 Å². The third-order valence-electron chi connectivity index (χ3n) is 2.04. The Kier molecular flexibility index (Phi) is 3.01. The van der Waals surface area contributed by atoms with Gasteiger partial charge in [-0.15, -0.1) is 0 Å². The smallest absolute Gasteiger partial charge is 0.310 e. The monoisotopic (exact) mass is 182 g/mol. The first-order chi connectivity index (χ1) is 6.16. The molecule has 1 aromatic carbocycles. The second-order valence-electron chi connectivity index (χ2n) is 2.89. The van der Waals surface area contributed by atoms with Crippen LogP contribution in [0.3, 0.4) is 0 Å². The molecule has 2 nitrogen and oxygen atoms in total. The van der Waals surface area contributed by atoms with E-state index in [4.69, 9.17) is 5.11 Å². The number of carboxylic acids is 1. The Morgan fingerprint density at radius 2 is 2.15 bits per heavy atom. The zero-order valence-corrected chi connectivity index (χ0v) is 7.33. The van der Waals surface area contributed by atoms with E-state index in [1.54, 1.807) is 31.2 Å². The summed E-state index contributed by atoms with van der Waals surface area (Å²) in [7, 11) is 0. The predicted molar refractivity (Wildman–Crippen MR) is 47.3 cm³/mol. The number of carbonyl (C=O) groups is 1. The SMILES string of the molecule is CC(C(=O)O)c1ccccc1CF. The zero-order valence-electron chi connectivity index (χ0n) is 7.33. The van der Waals surface area contributed by atoms with E-state index in [0.717, 1.165) is 0 Å². The van der Waals surface area contributed by atoms with Gasteiger partial charge in [0.05, 0.1) is 5.92 Å². The zero-order chi connectivity index (χ0) is 9.84. The van der Waals surface area contributed by atoms with Crippen LogP contribution >= 0.6 is 0 Å². The van der Waals surface area contributed by atoms with E-state index >= 15 is 0 Å². The van der Waals surface area contributed by atoms with Crippen LogP contribution in [0.4, 0.5) is 4.39 Å². The maximum atomic E-state index is 12.4. The molecule has 1 N–H and O–H groups in total. The lowest BCUT2D eigenvalue weighted by atomic mass is 9.96. The summed E-state index contributed by atoms with van der Waals surface area (Å²) < 4.78 is 12.4. The minimum atomic E-state index is -0.930. The Morgan fingerprint density at radius 3 is 2.69 bits per heavy atom. The largest absolute Gasteiger partial charge is 0.481 e. The number of hydrogen-bond acceptors (Lipinski definition) is 1. The van der Waals surface area contributed by atoms with Gasteiger partial charge in [0.25, 0.3) is 0 Å². The Labute approximate surface area is 76.0 Å². The number of benzene rings is 1. The highest BCUT2D eigenvalue weighted by Crippen LogP contribution is 2.20. The Morgan fingerprint density at radius 1 is 1.54 bits per heavy atom. The second kappa shape index (κ2) is 4.03. The number of rotatable bonds is 3. The number of halogens is 1. The average molecular weight is 182 g/mol. The molecule has 0 heterocycles. The molecule has 0 saturated carbocycles. The third-order valence-corrected chi connectivity index (χ3v) is 2.04. The van der Waals surface area contributed by atoms with Crippen molar-refractivity contribution in [2.24, 2.45) is 0 Å². The molecule has 0 amide bonds. The molecular weight excluding hydrogens is 171 g/mol. The maximum Gasteiger partial charge on any atom is 0.310 e. The minimum absolute atomic E-state index is 0.456. The molecule has 0 bridgehead atoms. The van der Waals surface area contributed by atoms with Crippen LogP contribution in [0.1, 0.15) is 24.0 Å². The van der Waals surface area contributed by atoms with Crippen molar-refractivity contribution in [2.75, 3.05) is 0 Å². The summed E-state index contributed by atoms with van der Waals surface area (Å²) in [5.74, 6) is -1.58. The Balaban J connectivity index is 3.05. The van der Waals surface area contributed by atoms with Gasteiger partial charge >= 0.3 is 5.97 Å². The number of hydrogen-bond donors (Lipinski definition) is 1. The van der Waals surface area contributed by atoms with E-state index in [0.29, 0.717) is 11.1 Å². The van der Waals surface area contributed by atoms with E-state index < -0.39 is 18.6 Å². The highest BCUT2D eigenvalue weighted by Gasteiger charge is 2.16. The molecule has 0 spiro atoms. The van der Waals surface area contributed by atoms with Crippen molar-refractivity contribution in [1.29, 1.82) is 0 Å². The molecular formula is C10H11FO2. The minimum Gasteiger partial charge on any atom is -0.481 e. The summed E-state index contributed by atoms with van der Waals surface area (Å²) >= 11 is 0. The molecule has 3 heteroatoms. The van der Waals surface area contributed by atoms with Gasteiger partial charge in [-0.1, -0.05) is 24.3 Å². The van der Waals surface area contributed by atoms with Crippen LogP contribution in [-0.4, -0.2) is 11.1 Å². The molecule has 0 radical (unpaired) electrons. The average Bonchev–Trinajstić information content (AvgIpc) is 2.16. The molecule has 1 atom stereocenters. The number of alkyl halides is 1. The summed E-state index contributed by atoms with van der Waals surface area (Å²) in [4.78, 5) is 10.6. The van der Waals surface area contributed by atoms with E-state index in [-0.39, 0.29) is 0 Å². The van der Waals surface area contributed by atoms with Crippen molar-refractivity contribution >= 4 is 5.97 Å². The fourth-order valence-corrected chi connectivity index (χ4v) is 1.21. The molecule has 0 saturated heterocycles. The lowest BCUT2D eigenvalue weighted by Crippen LogP contribution is -2.09. The highest BCUT2D eigenvalue weighted by molar-refractivity contribution is 5.76. The number of aliphatic carboxylic acids is 1. The van der Waals surface area contributed by atoms with Gasteiger partial charge in [-0.05, 0) is 18.1 Å². The summed E-state index contributed by atoms with van der Waals surface area (Å²) in [6.45, 7) is 0.935. The summed E-state index contributed by atoms with van der Waals surface area (Å²) in [6.07, 6.45) is 0. The lowest BCUT2D eigenvalue weighted by molar-refractivity contribution is -0.138. The third kappa shape index (κ3) is 2.05. The first-order valence-electron chi connectivity index (χ1n) is 4.03. The van der Waals surface area contributed by atoms with E-state index in [2.05, 4.69) is 0 Å². The van der Waals surface area contributed by atoms with Crippen LogP contribution in [-0.2, 0) is 11.5 Å². The van der Waals surface area contributed by atoms with Gasteiger partial charge in [0.15, 0.2) is 0 Å². The first kappa shape index (κ1) is 9.71. The fourth-order valence-electron chi connectivity index (χ4n) is 1.21. The van der Waals surface area contributed by atoms with Crippen LogP contribution in [0, 0.1) is 0 Å². The molecule has 0 aliphatic carbocycles. The molecule has 13 heavy (non-hydrogen) atoms. The van der Waals surface area contributed by atoms with Crippen molar-refractivity contribution in [3.8, 4) is 0 Å². The van der Waals surface area contributed by atoms with Gasteiger partial charge in [-0.2, -0.15) is 0 Å². The van der Waals surface area contributed by atoms with Crippen LogP contribution in [0.25, 0.3) is 0 Å². The lowest BCUT2D eigenvalue weighted by Gasteiger charge is -2.09. The van der Waals surface area contributed by atoms with E-state index in [1.165, 1.54) is 0 Å². The second-order valence-corrected chi connectivity index (χ2v) is 2.89. The van der Waals surface area contributed by atoms with Crippen molar-refractivity contribution in [3.05, 3.63) is 35.4 Å². The molecule has 70 valence electrons. The molecule has 0 aliphatic heterocycles. The summed E-state index contributed by atoms with van der Waals surface area (Å²) in [5.41, 5.74) is 1.01. The fraction of sp³-hybridized carbons (Fsp3) is 0.300. The molecule has 0 aromatic heterocycles. The van der Waals surface area contributed by atoms with Gasteiger partial charge in [0.1, 0.15) is 6.67 Å². The van der Waals surface area contributed by atoms with Crippen molar-refractivity contribution in [2.45, 2.75) is 19.5 Å². The molecule has 1 aromatic rings. The van der Waals surface area contributed by atoms with Crippen molar-refractivity contribution in [3.63, 3.8) is 0 Å². The van der Waals surface area contributed by atoms with Crippen LogP contribution in [0.15, 0.2) is 24.3 Å². The Hall–Kier alpha value is -1.38. The van der Waals surface area contributed by atoms with E-state index in [9.17, 15) is 9.18 Å². The predicted octanol–water partition coefficient (Wildman–Crippen LogP) is 2.34. The summed E-state index contributed by atoms with van der Waals surface area (Å²) in [5, 5.41) is 8.73. The molecule has 1 unspecified atom stereocenters. The topological polar surface area (TPSA) is 37.3 Å². The van der Waals surface area contributed by atoms with Crippen LogP contribution in [0.2, 0.25) is 0 Å². The summed E-state index contributed by atoms with van der Waals surface area (Å²) in [6, 6.07) is 6.67. The number of carboxylic acid groups (broad SMARTS) is 1. The van der Waals surface area contributed by atoms with Crippen LogP contribution in [0.5, 0.6) is 0 Å². The van der Waals surface area contributed by atoms with Gasteiger partial charge in [-0.3, -0.25) is 4.79 Å². The van der Waals surface area contributed by atoms with E-state index in [1.807, 2.05) is 0 Å². The van der Waals surface area contributed by atoms with Gasteiger partial charge < -0.3 is 5.11 Å². The normalized spacial score (nSPS) is 12.5. The van der Waals surface area contributed by atoms with Crippen LogP contribution < -0.4 is 0 Å². The molecule has 0 aliphatic rings. The van der Waals surface area contributed by atoms with Gasteiger partial charge in [0.2, 0.25) is 0 Å². The highest BCUT2D eigenvalue weighted by atomic mass is 19.1. The van der Waals surface area contributed by atoms with Crippen molar-refractivity contribution < 1.29 is 14.3 Å². The van der Waals surface area contributed by atoms with Gasteiger partial charge in [-0.25, -0.2) is 4.39 Å². The maximum absolute atomic E-state index is 12.4. The standard InChI is InChI=1S/C10H11FO2/c1-7(10(12)13)9-5-3-2-4-8(9)6-11/h2-5,7H,6H2,1H3,(H,12,13). The quantitative estimate of drug-likeness (QED) is 0.779.